The van der Waals surface area contributed by atoms with Crippen molar-refractivity contribution in [3.8, 4) is 21.8 Å². The second-order valence-electron chi connectivity index (χ2n) is 7.66. The van der Waals surface area contributed by atoms with E-state index in [1.165, 1.54) is 24.3 Å². The molecule has 162 valence electrons. The van der Waals surface area contributed by atoms with Gasteiger partial charge in [0.1, 0.15) is 11.6 Å². The first-order valence-electron chi connectivity index (χ1n) is 10.5. The van der Waals surface area contributed by atoms with E-state index in [1.54, 1.807) is 41.8 Å². The van der Waals surface area contributed by atoms with Crippen LogP contribution in [-0.4, -0.2) is 28.0 Å². The Morgan fingerprint density at radius 1 is 0.938 bits per heavy atom. The van der Waals surface area contributed by atoms with Crippen LogP contribution in [0.1, 0.15) is 23.8 Å². The smallest absolute Gasteiger partial charge is 0.227 e. The largest absolute Gasteiger partial charge is 0.324 e. The zero-order valence-corrected chi connectivity index (χ0v) is 18.0. The molecule has 0 saturated carbocycles. The summed E-state index contributed by atoms with van der Waals surface area (Å²) in [4.78, 5) is 14.8. The fourth-order valence-electron chi connectivity index (χ4n) is 3.80. The van der Waals surface area contributed by atoms with Crippen LogP contribution in [0.2, 0.25) is 0 Å². The summed E-state index contributed by atoms with van der Waals surface area (Å²) in [5.41, 5.74) is 2.92. The second-order valence-corrected chi connectivity index (χ2v) is 8.69. The molecule has 3 heterocycles. The van der Waals surface area contributed by atoms with E-state index < -0.39 is 0 Å². The van der Waals surface area contributed by atoms with Crippen LogP contribution in [0.25, 0.3) is 21.8 Å². The van der Waals surface area contributed by atoms with Crippen LogP contribution >= 0.6 is 11.3 Å². The average molecular weight is 450 g/mol. The maximum Gasteiger partial charge on any atom is 0.227 e. The molecule has 0 radical (unpaired) electrons. The van der Waals surface area contributed by atoms with Gasteiger partial charge in [-0.1, -0.05) is 6.07 Å². The minimum atomic E-state index is -0.334. The van der Waals surface area contributed by atoms with Gasteiger partial charge in [-0.3, -0.25) is 0 Å². The molecule has 0 unspecified atom stereocenters. The van der Waals surface area contributed by atoms with E-state index in [4.69, 9.17) is 4.98 Å². The van der Waals surface area contributed by atoms with Crippen LogP contribution in [0.15, 0.2) is 60.8 Å². The maximum atomic E-state index is 13.5. The van der Waals surface area contributed by atoms with Crippen molar-refractivity contribution in [3.05, 3.63) is 77.4 Å². The molecule has 0 bridgehead atoms. The number of nitrogens with one attached hydrogen (secondary N) is 2. The summed E-state index contributed by atoms with van der Waals surface area (Å²) in [6.07, 6.45) is 3.74. The first kappa shape index (κ1) is 20.7. The Morgan fingerprint density at radius 3 is 2.53 bits per heavy atom. The molecule has 5 nitrogen and oxygen atoms in total. The van der Waals surface area contributed by atoms with Crippen LogP contribution in [0.4, 0.5) is 20.4 Å². The summed E-state index contributed by atoms with van der Waals surface area (Å²) in [7, 11) is 0. The molecule has 2 N–H and O–H groups in total. The minimum Gasteiger partial charge on any atom is -0.324 e. The fraction of sp³-hybridized carbons (Fsp3) is 0.208. The zero-order valence-electron chi connectivity index (χ0n) is 17.2. The van der Waals surface area contributed by atoms with Gasteiger partial charge < -0.3 is 10.6 Å². The number of benzene rings is 2. The molecule has 8 heteroatoms. The highest BCUT2D eigenvalue weighted by molar-refractivity contribution is 7.15. The molecule has 0 atom stereocenters. The van der Waals surface area contributed by atoms with Gasteiger partial charge in [0, 0.05) is 23.4 Å². The number of hydrogen-bond donors (Lipinski definition) is 2. The highest BCUT2D eigenvalue weighted by atomic mass is 32.1. The van der Waals surface area contributed by atoms with Gasteiger partial charge in [-0.2, -0.15) is 0 Å². The number of aromatic nitrogens is 3. The lowest BCUT2D eigenvalue weighted by Crippen LogP contribution is -2.26. The summed E-state index contributed by atoms with van der Waals surface area (Å²) in [6.45, 7) is 1.95. The summed E-state index contributed by atoms with van der Waals surface area (Å²) in [5, 5.41) is 7.51. The van der Waals surface area contributed by atoms with Gasteiger partial charge in [-0.25, -0.2) is 23.7 Å². The van der Waals surface area contributed by atoms with Crippen LogP contribution in [0, 0.1) is 11.6 Å². The predicted molar refractivity (Wildman–Crippen MR) is 123 cm³/mol. The maximum absolute atomic E-state index is 13.5. The Balaban J connectivity index is 1.54. The Kier molecular flexibility index (Phi) is 5.87. The number of rotatable bonds is 5. The van der Waals surface area contributed by atoms with E-state index in [2.05, 4.69) is 20.6 Å². The van der Waals surface area contributed by atoms with E-state index in [-0.39, 0.29) is 11.6 Å². The van der Waals surface area contributed by atoms with Crippen molar-refractivity contribution in [2.45, 2.75) is 18.8 Å². The highest BCUT2D eigenvalue weighted by Gasteiger charge is 2.23. The van der Waals surface area contributed by atoms with Crippen LogP contribution < -0.4 is 10.6 Å². The number of hydrogen-bond acceptors (Lipinski definition) is 6. The quantitative estimate of drug-likeness (QED) is 0.406. The predicted octanol–water partition coefficient (Wildman–Crippen LogP) is 5.76. The zero-order chi connectivity index (χ0) is 21.9. The molecule has 1 aliphatic heterocycles. The van der Waals surface area contributed by atoms with Gasteiger partial charge in [-0.05, 0) is 74.5 Å². The Morgan fingerprint density at radius 2 is 1.75 bits per heavy atom. The molecule has 0 aliphatic carbocycles. The normalized spacial score (nSPS) is 14.4. The average Bonchev–Trinajstić information content (AvgIpc) is 3.26. The lowest BCUT2D eigenvalue weighted by molar-refractivity contribution is 0.459. The van der Waals surface area contributed by atoms with Crippen molar-refractivity contribution in [2.75, 3.05) is 18.4 Å². The molecule has 2 aromatic heterocycles. The van der Waals surface area contributed by atoms with E-state index >= 15 is 0 Å². The van der Waals surface area contributed by atoms with E-state index in [0.29, 0.717) is 17.6 Å². The molecule has 4 aromatic rings. The number of halogens is 2. The molecular formula is C24H21F2N5S. The molecule has 1 fully saturated rings. The summed E-state index contributed by atoms with van der Waals surface area (Å²) in [6, 6.07) is 14.4. The SMILES string of the molecule is Fc1ccc(-c2nc(C3CCNCC3)sc2-c2ccnc(Nc3cccc(F)c3)n2)cc1. The standard InChI is InChI=1S/C24H21F2N5S/c25-17-6-4-15(5-7-17)21-22(32-23(31-21)16-8-11-27-12-9-16)20-10-13-28-24(30-20)29-19-3-1-2-18(26)14-19/h1-7,10,13-14,16,27H,8-9,11-12H2,(H,28,29,30). The van der Waals surface area contributed by atoms with Crippen molar-refractivity contribution in [1.29, 1.82) is 0 Å². The third kappa shape index (κ3) is 4.51. The number of thiazole rings is 1. The van der Waals surface area contributed by atoms with Crippen molar-refractivity contribution in [3.63, 3.8) is 0 Å². The van der Waals surface area contributed by atoms with E-state index in [9.17, 15) is 8.78 Å². The Bertz CT molecular complexity index is 1220. The summed E-state index contributed by atoms with van der Waals surface area (Å²) in [5.74, 6) is 0.141. The first-order valence-corrected chi connectivity index (χ1v) is 11.3. The number of anilines is 2. The summed E-state index contributed by atoms with van der Waals surface area (Å²) < 4.78 is 27.1. The first-order chi connectivity index (χ1) is 15.7. The van der Waals surface area contributed by atoms with Gasteiger partial charge >= 0.3 is 0 Å². The third-order valence-corrected chi connectivity index (χ3v) is 6.66. The van der Waals surface area contributed by atoms with Crippen LogP contribution in [-0.2, 0) is 0 Å². The highest BCUT2D eigenvalue weighted by Crippen LogP contribution is 2.40. The molecule has 1 saturated heterocycles. The van der Waals surface area contributed by atoms with Crippen molar-refractivity contribution >= 4 is 23.0 Å². The molecular weight excluding hydrogens is 428 g/mol. The van der Waals surface area contributed by atoms with Crippen molar-refractivity contribution < 1.29 is 8.78 Å². The molecule has 32 heavy (non-hydrogen) atoms. The van der Waals surface area contributed by atoms with Crippen molar-refractivity contribution in [1.82, 2.24) is 20.3 Å². The van der Waals surface area contributed by atoms with Gasteiger partial charge in [0.15, 0.2) is 0 Å². The van der Waals surface area contributed by atoms with Crippen LogP contribution in [0.3, 0.4) is 0 Å². The second kappa shape index (κ2) is 9.10. The molecule has 0 amide bonds. The van der Waals surface area contributed by atoms with Crippen LogP contribution in [0.5, 0.6) is 0 Å². The molecule has 2 aromatic carbocycles. The minimum absolute atomic E-state index is 0.285. The monoisotopic (exact) mass is 449 g/mol. The molecule has 5 rings (SSSR count). The van der Waals surface area contributed by atoms with Gasteiger partial charge in [0.2, 0.25) is 5.95 Å². The van der Waals surface area contributed by atoms with Gasteiger partial charge in [0.05, 0.1) is 21.3 Å². The Hall–Kier alpha value is -3.23. The third-order valence-electron chi connectivity index (χ3n) is 5.42. The Labute approximate surface area is 188 Å². The molecule has 1 aliphatic rings. The van der Waals surface area contributed by atoms with E-state index in [1.807, 2.05) is 6.07 Å². The van der Waals surface area contributed by atoms with Crippen molar-refractivity contribution in [2.24, 2.45) is 0 Å². The number of piperidine rings is 1. The number of nitrogens with zero attached hydrogens (tertiary/aromatic N) is 3. The fourth-order valence-corrected chi connectivity index (χ4v) is 5.02. The summed E-state index contributed by atoms with van der Waals surface area (Å²) >= 11 is 1.62. The lowest BCUT2D eigenvalue weighted by Gasteiger charge is -2.20. The topological polar surface area (TPSA) is 62.7 Å². The molecule has 0 spiro atoms. The van der Waals surface area contributed by atoms with Gasteiger partial charge in [-0.15, -0.1) is 11.3 Å². The lowest BCUT2D eigenvalue weighted by atomic mass is 9.99. The van der Waals surface area contributed by atoms with Gasteiger partial charge in [0.25, 0.3) is 0 Å². The van der Waals surface area contributed by atoms with E-state index in [0.717, 1.165) is 52.8 Å².